The van der Waals surface area contributed by atoms with Crippen LogP contribution in [-0.2, 0) is 17.7 Å². The zero-order valence-electron chi connectivity index (χ0n) is 12.3. The van der Waals surface area contributed by atoms with Crippen LogP contribution in [0.1, 0.15) is 30.4 Å². The number of hydrogen-bond acceptors (Lipinski definition) is 3. The topological polar surface area (TPSA) is 24.5 Å². The lowest BCUT2D eigenvalue weighted by atomic mass is 9.97. The molecule has 0 amide bonds. The Bertz CT molecular complexity index is 353. The molecule has 0 radical (unpaired) electrons. The Labute approximate surface area is 122 Å². The normalized spacial score (nSPS) is 24.7. The summed E-state index contributed by atoms with van der Waals surface area (Å²) in [6.45, 7) is 6.14. The van der Waals surface area contributed by atoms with Crippen LogP contribution in [0.15, 0.2) is 24.3 Å². The Kier molecular flexibility index (Phi) is 5.06. The van der Waals surface area contributed by atoms with E-state index in [0.29, 0.717) is 6.04 Å². The first-order chi connectivity index (χ1) is 9.90. The van der Waals surface area contributed by atoms with Gasteiger partial charge in [-0.05, 0) is 36.9 Å². The lowest BCUT2D eigenvalue weighted by Crippen LogP contribution is -2.36. The fraction of sp³-hybridized carbons (Fsp3) is 0.647. The number of hydrogen-bond donors (Lipinski definition) is 1. The number of nitrogens with zero attached hydrogens (tertiary/aromatic N) is 1. The molecule has 0 aromatic heterocycles. The van der Waals surface area contributed by atoms with Gasteiger partial charge < -0.3 is 10.1 Å². The van der Waals surface area contributed by atoms with Crippen LogP contribution in [0.5, 0.6) is 0 Å². The van der Waals surface area contributed by atoms with Gasteiger partial charge in [-0.2, -0.15) is 0 Å². The van der Waals surface area contributed by atoms with Crippen LogP contribution >= 0.6 is 0 Å². The summed E-state index contributed by atoms with van der Waals surface area (Å²) in [5, 5.41) is 3.63. The van der Waals surface area contributed by atoms with Crippen LogP contribution in [0.2, 0.25) is 0 Å². The minimum absolute atomic E-state index is 0.689. The highest BCUT2D eigenvalue weighted by atomic mass is 16.5. The Balaban J connectivity index is 1.51. The third-order valence-corrected chi connectivity index (χ3v) is 4.43. The summed E-state index contributed by atoms with van der Waals surface area (Å²) in [4.78, 5) is 2.47. The van der Waals surface area contributed by atoms with Gasteiger partial charge in [0.05, 0.1) is 13.2 Å². The smallest absolute Gasteiger partial charge is 0.0594 e. The third kappa shape index (κ3) is 4.05. The second kappa shape index (κ2) is 7.21. The third-order valence-electron chi connectivity index (χ3n) is 4.43. The number of rotatable bonds is 4. The lowest BCUT2D eigenvalue weighted by Gasteiger charge is -2.26. The van der Waals surface area contributed by atoms with E-state index in [-0.39, 0.29) is 0 Å². The van der Waals surface area contributed by atoms with E-state index in [1.807, 2.05) is 0 Å². The molecule has 1 atom stereocenters. The molecule has 2 heterocycles. The maximum absolute atomic E-state index is 5.39. The van der Waals surface area contributed by atoms with Crippen LogP contribution in [0.3, 0.4) is 0 Å². The minimum atomic E-state index is 0.689. The molecule has 3 nitrogen and oxygen atoms in total. The number of morpholine rings is 1. The van der Waals surface area contributed by atoms with Gasteiger partial charge in [0.15, 0.2) is 0 Å². The first-order valence-corrected chi connectivity index (χ1v) is 8.01. The van der Waals surface area contributed by atoms with E-state index < -0.39 is 0 Å². The molecule has 3 rings (SSSR count). The van der Waals surface area contributed by atoms with Gasteiger partial charge in [0, 0.05) is 25.7 Å². The van der Waals surface area contributed by atoms with Crippen molar-refractivity contribution < 1.29 is 4.74 Å². The van der Waals surface area contributed by atoms with E-state index in [2.05, 4.69) is 34.5 Å². The molecule has 0 spiro atoms. The average molecular weight is 274 g/mol. The van der Waals surface area contributed by atoms with Gasteiger partial charge in [0.2, 0.25) is 0 Å². The van der Waals surface area contributed by atoms with Gasteiger partial charge in [0.25, 0.3) is 0 Å². The predicted molar refractivity (Wildman–Crippen MR) is 81.9 cm³/mol. The van der Waals surface area contributed by atoms with Gasteiger partial charge in [-0.1, -0.05) is 30.7 Å². The SMILES string of the molecule is c1cc(CN2CCOCC2)ccc1CC1CCCCN1. The summed E-state index contributed by atoms with van der Waals surface area (Å²) in [5.74, 6) is 0. The van der Waals surface area contributed by atoms with Crippen molar-refractivity contribution in [3.8, 4) is 0 Å². The minimum Gasteiger partial charge on any atom is -0.379 e. The fourth-order valence-corrected chi connectivity index (χ4v) is 3.18. The van der Waals surface area contributed by atoms with Crippen LogP contribution in [0.25, 0.3) is 0 Å². The Morgan fingerprint density at radius 3 is 2.50 bits per heavy atom. The van der Waals surface area contributed by atoms with Crippen molar-refractivity contribution in [1.82, 2.24) is 10.2 Å². The molecule has 1 N–H and O–H groups in total. The highest BCUT2D eigenvalue weighted by molar-refractivity contribution is 5.23. The molecule has 110 valence electrons. The Morgan fingerprint density at radius 1 is 1.05 bits per heavy atom. The van der Waals surface area contributed by atoms with Crippen LogP contribution in [0, 0.1) is 0 Å². The second-order valence-corrected chi connectivity index (χ2v) is 6.06. The average Bonchev–Trinajstić information content (AvgIpc) is 2.51. The van der Waals surface area contributed by atoms with Gasteiger partial charge in [-0.15, -0.1) is 0 Å². The van der Waals surface area contributed by atoms with Crippen molar-refractivity contribution in [2.75, 3.05) is 32.8 Å². The highest BCUT2D eigenvalue weighted by Crippen LogP contribution is 2.14. The van der Waals surface area contributed by atoms with Crippen molar-refractivity contribution in [3.63, 3.8) is 0 Å². The summed E-state index contributed by atoms with van der Waals surface area (Å²) in [6.07, 6.45) is 5.23. The van der Waals surface area contributed by atoms with E-state index >= 15 is 0 Å². The molecule has 2 aliphatic heterocycles. The van der Waals surface area contributed by atoms with E-state index in [1.165, 1.54) is 43.4 Å². The summed E-state index contributed by atoms with van der Waals surface area (Å²) in [6, 6.07) is 9.91. The molecule has 1 aromatic carbocycles. The molecule has 0 bridgehead atoms. The van der Waals surface area contributed by atoms with Crippen LogP contribution < -0.4 is 5.32 Å². The van der Waals surface area contributed by atoms with Crippen molar-refractivity contribution in [2.45, 2.75) is 38.3 Å². The summed E-state index contributed by atoms with van der Waals surface area (Å²) in [7, 11) is 0. The van der Waals surface area contributed by atoms with Gasteiger partial charge in [-0.25, -0.2) is 0 Å². The van der Waals surface area contributed by atoms with Gasteiger partial charge >= 0.3 is 0 Å². The Hall–Kier alpha value is -0.900. The largest absolute Gasteiger partial charge is 0.379 e. The zero-order valence-corrected chi connectivity index (χ0v) is 12.3. The molecule has 0 saturated carbocycles. The van der Waals surface area contributed by atoms with E-state index in [1.54, 1.807) is 0 Å². The quantitative estimate of drug-likeness (QED) is 0.911. The molecule has 2 saturated heterocycles. The standard InChI is InChI=1S/C17H26N2O/c1-2-8-18-17(3-1)13-15-4-6-16(7-5-15)14-19-9-11-20-12-10-19/h4-7,17-18H,1-3,8-14H2. The van der Waals surface area contributed by atoms with Crippen LogP contribution in [0.4, 0.5) is 0 Å². The van der Waals surface area contributed by atoms with Gasteiger partial charge in [0.1, 0.15) is 0 Å². The number of nitrogens with one attached hydrogen (secondary N) is 1. The van der Waals surface area contributed by atoms with Crippen molar-refractivity contribution in [2.24, 2.45) is 0 Å². The highest BCUT2D eigenvalue weighted by Gasteiger charge is 2.13. The molecule has 1 aromatic rings. The fourth-order valence-electron chi connectivity index (χ4n) is 3.18. The van der Waals surface area contributed by atoms with Crippen molar-refractivity contribution in [3.05, 3.63) is 35.4 Å². The molecule has 0 aliphatic carbocycles. The lowest BCUT2D eigenvalue weighted by molar-refractivity contribution is 0.0342. The molecule has 3 heteroatoms. The molecular weight excluding hydrogens is 248 g/mol. The molecule has 2 aliphatic rings. The second-order valence-electron chi connectivity index (χ2n) is 6.06. The first-order valence-electron chi connectivity index (χ1n) is 8.01. The molecular formula is C17H26N2O. The maximum Gasteiger partial charge on any atom is 0.0594 e. The number of ether oxygens (including phenoxy) is 1. The molecule has 20 heavy (non-hydrogen) atoms. The van der Waals surface area contributed by atoms with Crippen molar-refractivity contribution >= 4 is 0 Å². The number of piperidine rings is 1. The van der Waals surface area contributed by atoms with Crippen LogP contribution in [-0.4, -0.2) is 43.8 Å². The summed E-state index contributed by atoms with van der Waals surface area (Å²) >= 11 is 0. The summed E-state index contributed by atoms with van der Waals surface area (Å²) in [5.41, 5.74) is 2.89. The number of benzene rings is 1. The van der Waals surface area contributed by atoms with E-state index in [9.17, 15) is 0 Å². The van der Waals surface area contributed by atoms with E-state index in [4.69, 9.17) is 4.74 Å². The van der Waals surface area contributed by atoms with Crippen molar-refractivity contribution in [1.29, 1.82) is 0 Å². The molecule has 2 fully saturated rings. The zero-order chi connectivity index (χ0) is 13.6. The maximum atomic E-state index is 5.39. The monoisotopic (exact) mass is 274 g/mol. The first kappa shape index (κ1) is 14.1. The molecule has 1 unspecified atom stereocenters. The van der Waals surface area contributed by atoms with Gasteiger partial charge in [-0.3, -0.25) is 4.90 Å². The summed E-state index contributed by atoms with van der Waals surface area (Å²) < 4.78 is 5.39. The predicted octanol–water partition coefficient (Wildman–Crippen LogP) is 2.20. The Morgan fingerprint density at radius 2 is 1.80 bits per heavy atom. The van der Waals surface area contributed by atoms with E-state index in [0.717, 1.165) is 32.8 Å².